The normalized spacial score (nSPS) is 15.9. The first-order chi connectivity index (χ1) is 20.4. The van der Waals surface area contributed by atoms with Crippen LogP contribution in [0.5, 0.6) is 11.5 Å². The smallest absolute Gasteiger partial charge is 0.338 e. The Balaban J connectivity index is 1.57. The molecule has 0 aliphatic carbocycles. The van der Waals surface area contributed by atoms with Crippen LogP contribution in [0.25, 0.3) is 5.70 Å². The lowest BCUT2D eigenvalue weighted by molar-refractivity contribution is -0.139. The third kappa shape index (κ3) is 6.03. The summed E-state index contributed by atoms with van der Waals surface area (Å²) in [6, 6.07) is 20.1. The first kappa shape index (κ1) is 28.9. The summed E-state index contributed by atoms with van der Waals surface area (Å²) in [5.41, 5.74) is 3.64. The Morgan fingerprint density at radius 1 is 1.02 bits per heavy atom. The van der Waals surface area contributed by atoms with Gasteiger partial charge in [0, 0.05) is 23.4 Å². The van der Waals surface area contributed by atoms with Gasteiger partial charge >= 0.3 is 5.97 Å². The number of halogens is 1. The van der Waals surface area contributed by atoms with E-state index in [1.54, 1.807) is 45.4 Å². The summed E-state index contributed by atoms with van der Waals surface area (Å²) in [6.07, 6.45) is 0.0206. The van der Waals surface area contributed by atoms with Crippen molar-refractivity contribution >= 4 is 34.5 Å². The maximum absolute atomic E-state index is 13.7. The van der Waals surface area contributed by atoms with Gasteiger partial charge in [0.25, 0.3) is 0 Å². The minimum absolute atomic E-state index is 0.0206. The van der Waals surface area contributed by atoms with E-state index in [2.05, 4.69) is 5.32 Å². The van der Waals surface area contributed by atoms with Gasteiger partial charge in [0.15, 0.2) is 5.17 Å². The summed E-state index contributed by atoms with van der Waals surface area (Å²) in [5.74, 6) is 0.0156. The van der Waals surface area contributed by atoms with Crippen molar-refractivity contribution in [1.29, 1.82) is 0 Å². The molecule has 1 N–H and O–H groups in total. The zero-order valence-corrected chi connectivity index (χ0v) is 24.2. The molecule has 10 heteroatoms. The van der Waals surface area contributed by atoms with Crippen LogP contribution < -0.4 is 14.8 Å². The van der Waals surface area contributed by atoms with Crippen molar-refractivity contribution in [3.8, 4) is 11.5 Å². The standard InChI is InChI=1S/C32H30FN3O5S/c1-4-41-31(38)28-29(21-8-6-5-7-9-21)35-32-36(30(28)25-17-24(39-2)14-15-26(25)40-3)23(19-42-32)16-27(37)34-18-20-10-12-22(33)13-11-20/h5-15,17,19,30H,4,16,18H2,1-3H3,(H,34,37)/t30-/m1/s1. The van der Waals surface area contributed by atoms with E-state index in [0.29, 0.717) is 39.2 Å². The largest absolute Gasteiger partial charge is 0.497 e. The van der Waals surface area contributed by atoms with Gasteiger partial charge in [0.2, 0.25) is 5.91 Å². The van der Waals surface area contributed by atoms with E-state index in [4.69, 9.17) is 19.2 Å². The van der Waals surface area contributed by atoms with Crippen molar-refractivity contribution in [2.45, 2.75) is 25.9 Å². The lowest BCUT2D eigenvalue weighted by atomic mass is 9.90. The van der Waals surface area contributed by atoms with Crippen molar-refractivity contribution in [3.05, 3.63) is 112 Å². The molecule has 5 rings (SSSR count). The molecule has 0 unspecified atom stereocenters. The van der Waals surface area contributed by atoms with Gasteiger partial charge in [-0.15, -0.1) is 0 Å². The molecule has 0 bridgehead atoms. The molecule has 8 nitrogen and oxygen atoms in total. The highest BCUT2D eigenvalue weighted by molar-refractivity contribution is 8.16. The number of nitrogens with zero attached hydrogens (tertiary/aromatic N) is 2. The summed E-state index contributed by atoms with van der Waals surface area (Å²) in [6.45, 7) is 2.17. The number of hydrogen-bond donors (Lipinski definition) is 1. The first-order valence-corrected chi connectivity index (χ1v) is 14.2. The lowest BCUT2D eigenvalue weighted by Gasteiger charge is -2.37. The molecule has 2 aliphatic rings. The summed E-state index contributed by atoms with van der Waals surface area (Å²) >= 11 is 1.37. The molecule has 0 spiro atoms. The van der Waals surface area contributed by atoms with Gasteiger partial charge in [0.05, 0.1) is 44.6 Å². The topological polar surface area (TPSA) is 89.5 Å². The minimum Gasteiger partial charge on any atom is -0.497 e. The van der Waals surface area contributed by atoms with Crippen molar-refractivity contribution in [3.63, 3.8) is 0 Å². The highest BCUT2D eigenvalue weighted by atomic mass is 32.2. The van der Waals surface area contributed by atoms with E-state index >= 15 is 0 Å². The van der Waals surface area contributed by atoms with Crippen molar-refractivity contribution in [2.24, 2.45) is 4.99 Å². The number of aliphatic imine (C=N–C) groups is 1. The number of carbonyl (C=O) groups excluding carboxylic acids is 2. The van der Waals surface area contributed by atoms with Crippen LogP contribution in [0.1, 0.15) is 36.1 Å². The molecule has 0 saturated carbocycles. The SMILES string of the molecule is CCOC(=O)C1=C(c2ccccc2)N=C2SC=C(CC(=O)NCc3ccc(F)cc3)N2[C@@H]1c1cc(OC)ccc1OC. The number of methoxy groups -OCH3 is 2. The predicted octanol–water partition coefficient (Wildman–Crippen LogP) is 5.82. The predicted molar refractivity (Wildman–Crippen MR) is 160 cm³/mol. The number of fused-ring (bicyclic) bond motifs is 1. The molecular formula is C32H30FN3O5S. The number of ether oxygens (including phenoxy) is 3. The molecule has 2 heterocycles. The second-order valence-corrected chi connectivity index (χ2v) is 10.3. The number of hydrogen-bond acceptors (Lipinski definition) is 8. The molecule has 0 saturated heterocycles. The Kier molecular flexibility index (Phi) is 8.92. The van der Waals surface area contributed by atoms with Gasteiger partial charge in [-0.05, 0) is 48.2 Å². The van der Waals surface area contributed by atoms with Crippen LogP contribution in [0.3, 0.4) is 0 Å². The van der Waals surface area contributed by atoms with Crippen molar-refractivity contribution < 1.29 is 28.2 Å². The Bertz CT molecular complexity index is 1570. The number of carbonyl (C=O) groups is 2. The summed E-state index contributed by atoms with van der Waals surface area (Å²) in [7, 11) is 3.13. The van der Waals surface area contributed by atoms with Crippen LogP contribution in [-0.4, -0.2) is 42.8 Å². The van der Waals surface area contributed by atoms with Gasteiger partial charge in [-0.25, -0.2) is 14.2 Å². The first-order valence-electron chi connectivity index (χ1n) is 13.4. The lowest BCUT2D eigenvalue weighted by Crippen LogP contribution is -2.38. The van der Waals surface area contributed by atoms with Gasteiger partial charge < -0.3 is 24.4 Å². The number of amides is 1. The molecule has 0 fully saturated rings. The number of esters is 1. The third-order valence-electron chi connectivity index (χ3n) is 6.83. The molecule has 2 aliphatic heterocycles. The minimum atomic E-state index is -0.733. The zero-order chi connectivity index (χ0) is 29.6. The van der Waals surface area contributed by atoms with E-state index in [-0.39, 0.29) is 31.3 Å². The molecule has 42 heavy (non-hydrogen) atoms. The fourth-order valence-corrected chi connectivity index (χ4v) is 5.78. The monoisotopic (exact) mass is 587 g/mol. The molecule has 3 aromatic carbocycles. The van der Waals surface area contributed by atoms with Gasteiger partial charge in [0.1, 0.15) is 17.3 Å². The van der Waals surface area contributed by atoms with Crippen LogP contribution in [0, 0.1) is 5.82 Å². The summed E-state index contributed by atoms with van der Waals surface area (Å²) < 4.78 is 30.2. The average molecular weight is 588 g/mol. The fourth-order valence-electron chi connectivity index (χ4n) is 4.87. The fraction of sp³-hybridized carbons (Fsp3) is 0.219. The molecule has 3 aromatic rings. The van der Waals surface area contributed by atoms with Crippen LogP contribution in [0.2, 0.25) is 0 Å². The average Bonchev–Trinajstić information content (AvgIpc) is 3.42. The van der Waals surface area contributed by atoms with Crippen LogP contribution in [0.15, 0.2) is 94.5 Å². The Morgan fingerprint density at radius 2 is 1.79 bits per heavy atom. The quantitative estimate of drug-likeness (QED) is 0.299. The molecule has 1 atom stereocenters. The van der Waals surface area contributed by atoms with E-state index in [1.807, 2.05) is 46.7 Å². The number of rotatable bonds is 10. The summed E-state index contributed by atoms with van der Waals surface area (Å²) in [4.78, 5) is 33.7. The van der Waals surface area contributed by atoms with E-state index in [1.165, 1.54) is 23.9 Å². The third-order valence-corrected chi connectivity index (χ3v) is 7.72. The number of benzene rings is 3. The van der Waals surface area contributed by atoms with Crippen LogP contribution in [0.4, 0.5) is 4.39 Å². The highest BCUT2D eigenvalue weighted by Crippen LogP contribution is 2.49. The Morgan fingerprint density at radius 3 is 2.48 bits per heavy atom. The second-order valence-electron chi connectivity index (χ2n) is 9.43. The maximum atomic E-state index is 13.7. The molecule has 0 radical (unpaired) electrons. The van der Waals surface area contributed by atoms with Crippen molar-refractivity contribution in [2.75, 3.05) is 20.8 Å². The summed E-state index contributed by atoms with van der Waals surface area (Å²) in [5, 5.41) is 5.38. The van der Waals surface area contributed by atoms with Crippen LogP contribution in [-0.2, 0) is 20.9 Å². The van der Waals surface area contributed by atoms with Gasteiger partial charge in [-0.1, -0.05) is 54.2 Å². The molecule has 216 valence electrons. The van der Waals surface area contributed by atoms with E-state index in [9.17, 15) is 14.0 Å². The van der Waals surface area contributed by atoms with Gasteiger partial charge in [-0.3, -0.25) is 4.79 Å². The molecular weight excluding hydrogens is 557 g/mol. The molecule has 0 aromatic heterocycles. The zero-order valence-electron chi connectivity index (χ0n) is 23.4. The van der Waals surface area contributed by atoms with E-state index in [0.717, 1.165) is 11.1 Å². The van der Waals surface area contributed by atoms with Crippen LogP contribution >= 0.6 is 11.8 Å². The Hall–Kier alpha value is -4.57. The number of thioether (sulfide) groups is 1. The van der Waals surface area contributed by atoms with E-state index < -0.39 is 12.0 Å². The molecule has 1 amide bonds. The Labute approximate surface area is 247 Å². The van der Waals surface area contributed by atoms with Crippen molar-refractivity contribution in [1.82, 2.24) is 10.2 Å². The highest BCUT2D eigenvalue weighted by Gasteiger charge is 2.43. The number of nitrogens with one attached hydrogen (secondary N) is 1. The number of amidine groups is 1. The van der Waals surface area contributed by atoms with Gasteiger partial charge in [-0.2, -0.15) is 0 Å². The maximum Gasteiger partial charge on any atom is 0.338 e. The second kappa shape index (κ2) is 12.9.